The van der Waals surface area contributed by atoms with E-state index in [1.807, 2.05) is 13.0 Å². The zero-order valence-electron chi connectivity index (χ0n) is 9.01. The Morgan fingerprint density at radius 3 is 2.81 bits per heavy atom. The molecule has 0 radical (unpaired) electrons. The summed E-state index contributed by atoms with van der Waals surface area (Å²) in [7, 11) is 0. The number of thioether (sulfide) groups is 1. The van der Waals surface area contributed by atoms with E-state index in [1.165, 1.54) is 11.8 Å². The van der Waals surface area contributed by atoms with Crippen molar-refractivity contribution in [1.82, 2.24) is 0 Å². The lowest BCUT2D eigenvalue weighted by molar-refractivity contribution is -0.132. The average Bonchev–Trinajstić information content (AvgIpc) is 2.24. The highest BCUT2D eigenvalue weighted by atomic mass is 32.2. The first-order chi connectivity index (χ1) is 7.63. The summed E-state index contributed by atoms with van der Waals surface area (Å²) in [5, 5.41) is 18.0. The Kier molecular flexibility index (Phi) is 4.92. The first-order valence-corrected chi connectivity index (χ1v) is 5.96. The molecule has 0 amide bonds. The maximum Gasteiger partial charge on any atom is 0.331 e. The van der Waals surface area contributed by atoms with Gasteiger partial charge in [-0.3, -0.25) is 0 Å². The minimum atomic E-state index is -0.862. The maximum absolute atomic E-state index is 10.7. The lowest BCUT2D eigenvalue weighted by Gasteiger charge is -2.00. The molecule has 3 nitrogen and oxygen atoms in total. The van der Waals surface area contributed by atoms with Crippen LogP contribution in [0.5, 0.6) is 5.75 Å². The van der Waals surface area contributed by atoms with Gasteiger partial charge in [0.15, 0.2) is 0 Å². The largest absolute Gasteiger partial charge is 0.508 e. The lowest BCUT2D eigenvalue weighted by atomic mass is 10.2. The van der Waals surface area contributed by atoms with E-state index >= 15 is 0 Å². The molecule has 4 heteroatoms. The molecule has 0 aliphatic carbocycles. The fraction of sp³-hybridized carbons (Fsp3) is 0.250. The minimum Gasteiger partial charge on any atom is -0.508 e. The van der Waals surface area contributed by atoms with Crippen LogP contribution in [0.15, 0.2) is 40.8 Å². The number of hydrogen-bond acceptors (Lipinski definition) is 3. The van der Waals surface area contributed by atoms with Crippen LogP contribution in [0.1, 0.15) is 13.3 Å². The van der Waals surface area contributed by atoms with Crippen molar-refractivity contribution in [2.45, 2.75) is 18.2 Å². The normalized spacial score (nSPS) is 11.4. The van der Waals surface area contributed by atoms with Gasteiger partial charge >= 0.3 is 5.97 Å². The van der Waals surface area contributed by atoms with E-state index < -0.39 is 5.97 Å². The third-order valence-corrected chi connectivity index (χ3v) is 2.97. The van der Waals surface area contributed by atoms with Gasteiger partial charge in [-0.15, -0.1) is 11.8 Å². The smallest absolute Gasteiger partial charge is 0.331 e. The van der Waals surface area contributed by atoms with Crippen molar-refractivity contribution < 1.29 is 15.0 Å². The van der Waals surface area contributed by atoms with Gasteiger partial charge in [-0.25, -0.2) is 4.79 Å². The molecular formula is C12H14O3S. The quantitative estimate of drug-likeness (QED) is 0.611. The molecule has 0 atom stereocenters. The second kappa shape index (κ2) is 6.23. The van der Waals surface area contributed by atoms with E-state index in [0.717, 1.165) is 4.90 Å². The molecule has 0 aliphatic rings. The van der Waals surface area contributed by atoms with Crippen LogP contribution in [0.2, 0.25) is 0 Å². The third kappa shape index (κ3) is 3.98. The fourth-order valence-corrected chi connectivity index (χ4v) is 2.05. The van der Waals surface area contributed by atoms with Crippen LogP contribution in [-0.2, 0) is 4.79 Å². The second-order valence-electron chi connectivity index (χ2n) is 3.20. The summed E-state index contributed by atoms with van der Waals surface area (Å²) >= 11 is 1.50. The third-order valence-electron chi connectivity index (χ3n) is 2.05. The number of carbonyl (C=O) groups is 1. The summed E-state index contributed by atoms with van der Waals surface area (Å²) in [6.45, 7) is 1.82. The number of carboxylic acids is 1. The number of phenolic OH excluding ortho intramolecular Hbond substituents is 1. The number of benzene rings is 1. The molecule has 1 rings (SSSR count). The summed E-state index contributed by atoms with van der Waals surface area (Å²) in [5.41, 5.74) is 0.424. The van der Waals surface area contributed by atoms with E-state index in [4.69, 9.17) is 5.11 Å². The van der Waals surface area contributed by atoms with E-state index in [0.29, 0.717) is 17.7 Å². The Hall–Kier alpha value is -1.42. The van der Waals surface area contributed by atoms with Crippen molar-refractivity contribution in [3.63, 3.8) is 0 Å². The molecular weight excluding hydrogens is 224 g/mol. The summed E-state index contributed by atoms with van der Waals surface area (Å²) in [5.74, 6) is -0.0409. The molecule has 0 aromatic heterocycles. The SMILES string of the molecule is CC/C(=C/CSc1cccc(O)c1)C(=O)O. The molecule has 0 saturated carbocycles. The van der Waals surface area contributed by atoms with Gasteiger partial charge in [-0.1, -0.05) is 19.1 Å². The van der Waals surface area contributed by atoms with Crippen LogP contribution in [-0.4, -0.2) is 21.9 Å². The summed E-state index contributed by atoms with van der Waals surface area (Å²) in [4.78, 5) is 11.6. The van der Waals surface area contributed by atoms with Gasteiger partial charge in [0.2, 0.25) is 0 Å². The molecule has 2 N–H and O–H groups in total. The number of hydrogen-bond donors (Lipinski definition) is 2. The number of rotatable bonds is 5. The first-order valence-electron chi connectivity index (χ1n) is 4.97. The highest BCUT2D eigenvalue weighted by Gasteiger charge is 2.03. The maximum atomic E-state index is 10.7. The topological polar surface area (TPSA) is 57.5 Å². The van der Waals surface area contributed by atoms with Gasteiger partial charge in [0.1, 0.15) is 5.75 Å². The Bertz CT molecular complexity index is 399. The van der Waals surface area contributed by atoms with Gasteiger partial charge in [-0.05, 0) is 24.6 Å². The van der Waals surface area contributed by atoms with Crippen molar-refractivity contribution >= 4 is 17.7 Å². The number of phenols is 1. The molecule has 86 valence electrons. The van der Waals surface area contributed by atoms with Crippen LogP contribution in [0.4, 0.5) is 0 Å². The van der Waals surface area contributed by atoms with E-state index in [9.17, 15) is 9.90 Å². The molecule has 1 aromatic rings. The summed E-state index contributed by atoms with van der Waals surface area (Å²) in [6, 6.07) is 6.91. The summed E-state index contributed by atoms with van der Waals surface area (Å²) in [6.07, 6.45) is 2.23. The van der Waals surface area contributed by atoms with E-state index in [2.05, 4.69) is 0 Å². The second-order valence-corrected chi connectivity index (χ2v) is 4.29. The van der Waals surface area contributed by atoms with Gasteiger partial charge in [-0.2, -0.15) is 0 Å². The molecule has 0 heterocycles. The van der Waals surface area contributed by atoms with Crippen molar-refractivity contribution in [3.8, 4) is 5.75 Å². The standard InChI is InChI=1S/C12H14O3S/c1-2-9(12(14)15)6-7-16-11-5-3-4-10(13)8-11/h3-6,8,13H,2,7H2,1H3,(H,14,15)/b9-6-. The van der Waals surface area contributed by atoms with Gasteiger partial charge < -0.3 is 10.2 Å². The first kappa shape index (κ1) is 12.6. The zero-order valence-corrected chi connectivity index (χ0v) is 9.83. The fourth-order valence-electron chi connectivity index (χ4n) is 1.19. The molecule has 0 aliphatic heterocycles. The molecule has 0 spiro atoms. The highest BCUT2D eigenvalue weighted by molar-refractivity contribution is 7.99. The van der Waals surface area contributed by atoms with Crippen molar-refractivity contribution in [2.75, 3.05) is 5.75 Å². The molecule has 16 heavy (non-hydrogen) atoms. The molecule has 0 bridgehead atoms. The van der Waals surface area contributed by atoms with Crippen molar-refractivity contribution in [1.29, 1.82) is 0 Å². The molecule has 0 unspecified atom stereocenters. The average molecular weight is 238 g/mol. The summed E-state index contributed by atoms with van der Waals surface area (Å²) < 4.78 is 0. The molecule has 0 saturated heterocycles. The minimum absolute atomic E-state index is 0.225. The number of aliphatic carboxylic acids is 1. The Morgan fingerprint density at radius 2 is 2.25 bits per heavy atom. The van der Waals surface area contributed by atoms with Crippen molar-refractivity contribution in [3.05, 3.63) is 35.9 Å². The molecule has 0 fully saturated rings. The Labute approximate surface area is 98.8 Å². The Balaban J connectivity index is 2.55. The number of carboxylic acid groups (broad SMARTS) is 1. The molecule has 1 aromatic carbocycles. The predicted molar refractivity (Wildman–Crippen MR) is 64.8 cm³/mol. The lowest BCUT2D eigenvalue weighted by Crippen LogP contribution is -1.99. The van der Waals surface area contributed by atoms with Gasteiger partial charge in [0.05, 0.1) is 0 Å². The van der Waals surface area contributed by atoms with Crippen LogP contribution < -0.4 is 0 Å². The van der Waals surface area contributed by atoms with Crippen molar-refractivity contribution in [2.24, 2.45) is 0 Å². The van der Waals surface area contributed by atoms with Gasteiger partial charge in [0.25, 0.3) is 0 Å². The van der Waals surface area contributed by atoms with Crippen LogP contribution in [0.3, 0.4) is 0 Å². The zero-order chi connectivity index (χ0) is 12.0. The van der Waals surface area contributed by atoms with E-state index in [-0.39, 0.29) is 5.75 Å². The number of aromatic hydroxyl groups is 1. The highest BCUT2D eigenvalue weighted by Crippen LogP contribution is 2.22. The van der Waals surface area contributed by atoms with Crippen LogP contribution in [0, 0.1) is 0 Å². The monoisotopic (exact) mass is 238 g/mol. The van der Waals surface area contributed by atoms with Crippen LogP contribution in [0.25, 0.3) is 0 Å². The van der Waals surface area contributed by atoms with Gasteiger partial charge in [0, 0.05) is 16.2 Å². The van der Waals surface area contributed by atoms with E-state index in [1.54, 1.807) is 24.3 Å². The Morgan fingerprint density at radius 1 is 1.50 bits per heavy atom. The van der Waals surface area contributed by atoms with Crippen LogP contribution >= 0.6 is 11.8 Å². The predicted octanol–water partition coefficient (Wildman–Crippen LogP) is 2.91.